The van der Waals surface area contributed by atoms with Gasteiger partial charge in [0.1, 0.15) is 5.92 Å². The van der Waals surface area contributed by atoms with Crippen molar-refractivity contribution in [3.63, 3.8) is 0 Å². The number of hydrazine groups is 1. The van der Waals surface area contributed by atoms with Crippen molar-refractivity contribution in [2.75, 3.05) is 5.01 Å². The summed E-state index contributed by atoms with van der Waals surface area (Å²) in [7, 11) is 0. The van der Waals surface area contributed by atoms with Gasteiger partial charge in [0.2, 0.25) is 0 Å². The number of amides is 2. The molecule has 1 saturated heterocycles. The molecule has 21 heavy (non-hydrogen) atoms. The van der Waals surface area contributed by atoms with Crippen molar-refractivity contribution in [3.8, 4) is 0 Å². The molecule has 1 aliphatic heterocycles. The lowest BCUT2D eigenvalue weighted by molar-refractivity contribution is -0.127. The van der Waals surface area contributed by atoms with E-state index in [-0.39, 0.29) is 11.8 Å². The average molecular weight is 304 g/mol. The Balaban J connectivity index is 2.05. The zero-order valence-corrected chi connectivity index (χ0v) is 12.2. The third-order valence-electron chi connectivity index (χ3n) is 3.56. The maximum absolute atomic E-state index is 12.4. The number of carbonyl (C=O) groups excluding carboxylic acids is 2. The Hall–Kier alpha value is -2.14. The molecule has 0 aliphatic carbocycles. The van der Waals surface area contributed by atoms with Crippen molar-refractivity contribution in [3.05, 3.63) is 35.5 Å². The number of aromatic nitrogens is 1. The first kappa shape index (κ1) is 13.8. The van der Waals surface area contributed by atoms with E-state index in [1.54, 1.807) is 30.5 Å². The second-order valence-corrected chi connectivity index (χ2v) is 5.42. The molecule has 6 heteroatoms. The summed E-state index contributed by atoms with van der Waals surface area (Å²) in [6.45, 7) is 1.95. The molecule has 1 aliphatic rings. The highest BCUT2D eigenvalue weighted by atomic mass is 35.5. The summed E-state index contributed by atoms with van der Waals surface area (Å²) in [5, 5.41) is 2.67. The molecule has 2 heterocycles. The van der Waals surface area contributed by atoms with Gasteiger partial charge in [-0.1, -0.05) is 24.9 Å². The number of benzene rings is 1. The van der Waals surface area contributed by atoms with Gasteiger partial charge < -0.3 is 0 Å². The van der Waals surface area contributed by atoms with Gasteiger partial charge in [0, 0.05) is 16.6 Å². The van der Waals surface area contributed by atoms with Gasteiger partial charge in [0.25, 0.3) is 11.8 Å². The summed E-state index contributed by atoms with van der Waals surface area (Å²) < 4.78 is 0. The van der Waals surface area contributed by atoms with E-state index in [1.165, 1.54) is 5.01 Å². The number of halogens is 1. The van der Waals surface area contributed by atoms with E-state index >= 15 is 0 Å². The van der Waals surface area contributed by atoms with Crippen molar-refractivity contribution in [1.82, 2.24) is 10.4 Å². The van der Waals surface area contributed by atoms with Crippen LogP contribution in [-0.4, -0.2) is 16.8 Å². The third kappa shape index (κ3) is 2.34. The molecule has 108 valence electrons. The molecule has 1 aromatic carbocycles. The number of anilines is 1. The van der Waals surface area contributed by atoms with Crippen molar-refractivity contribution in [2.45, 2.75) is 19.8 Å². The maximum Gasteiger partial charge on any atom is 0.258 e. The fourth-order valence-electron chi connectivity index (χ4n) is 2.53. The van der Waals surface area contributed by atoms with E-state index in [9.17, 15) is 9.59 Å². The molecule has 1 N–H and O–H groups in total. The van der Waals surface area contributed by atoms with Crippen molar-refractivity contribution < 1.29 is 9.59 Å². The van der Waals surface area contributed by atoms with Gasteiger partial charge in [0.05, 0.1) is 11.2 Å². The van der Waals surface area contributed by atoms with Gasteiger partial charge in [-0.25, -0.2) is 5.01 Å². The van der Waals surface area contributed by atoms with Gasteiger partial charge in [-0.3, -0.25) is 20.0 Å². The topological polar surface area (TPSA) is 62.3 Å². The summed E-state index contributed by atoms with van der Waals surface area (Å²) in [4.78, 5) is 28.6. The number of rotatable bonds is 3. The standard InChI is InChI=1S/C15H14ClN3O2/c1-2-3-11-14(20)18-19(15(11)21)13-6-7-17-12-8-9(16)4-5-10(12)13/h4-8,11H,2-3H2,1H3,(H,18,20). The minimum absolute atomic E-state index is 0.218. The van der Waals surface area contributed by atoms with Crippen LogP contribution in [0.4, 0.5) is 5.69 Å². The summed E-state index contributed by atoms with van der Waals surface area (Å²) in [6.07, 6.45) is 2.93. The Morgan fingerprint density at radius 3 is 2.90 bits per heavy atom. The Labute approximate surface area is 126 Å². The highest BCUT2D eigenvalue weighted by Crippen LogP contribution is 2.30. The molecule has 5 nitrogen and oxygen atoms in total. The van der Waals surface area contributed by atoms with Crippen LogP contribution >= 0.6 is 11.6 Å². The number of nitrogens with one attached hydrogen (secondary N) is 1. The lowest BCUT2D eigenvalue weighted by Gasteiger charge is -2.17. The highest BCUT2D eigenvalue weighted by molar-refractivity contribution is 6.31. The molecule has 1 fully saturated rings. The maximum atomic E-state index is 12.4. The molecule has 0 spiro atoms. The lowest BCUT2D eigenvalue weighted by Crippen LogP contribution is -2.36. The fraction of sp³-hybridized carbons (Fsp3) is 0.267. The number of nitrogens with zero attached hydrogens (tertiary/aromatic N) is 2. The van der Waals surface area contributed by atoms with E-state index in [0.717, 1.165) is 11.8 Å². The molecule has 2 amide bonds. The molecule has 1 unspecified atom stereocenters. The number of carbonyl (C=O) groups is 2. The molecule has 0 radical (unpaired) electrons. The van der Waals surface area contributed by atoms with Gasteiger partial charge >= 0.3 is 0 Å². The van der Waals surface area contributed by atoms with Crippen molar-refractivity contribution in [1.29, 1.82) is 0 Å². The lowest BCUT2D eigenvalue weighted by atomic mass is 10.0. The van der Waals surface area contributed by atoms with Crippen LogP contribution in [0.3, 0.4) is 0 Å². The van der Waals surface area contributed by atoms with Crippen LogP contribution in [0.15, 0.2) is 30.5 Å². The highest BCUT2D eigenvalue weighted by Gasteiger charge is 2.39. The summed E-state index contributed by atoms with van der Waals surface area (Å²) >= 11 is 5.96. The third-order valence-corrected chi connectivity index (χ3v) is 3.79. The van der Waals surface area contributed by atoms with Gasteiger partial charge in [-0.15, -0.1) is 0 Å². The second kappa shape index (κ2) is 5.33. The minimum atomic E-state index is -0.606. The molecule has 0 bridgehead atoms. The van der Waals surface area contributed by atoms with Crippen molar-refractivity contribution in [2.24, 2.45) is 5.92 Å². The van der Waals surface area contributed by atoms with E-state index in [1.807, 2.05) is 6.92 Å². The predicted molar refractivity (Wildman–Crippen MR) is 80.8 cm³/mol. The SMILES string of the molecule is CCCC1C(=O)NN(c2ccnc3cc(Cl)ccc23)C1=O. The smallest absolute Gasteiger partial charge is 0.258 e. The largest absolute Gasteiger partial charge is 0.272 e. The first-order valence-electron chi connectivity index (χ1n) is 6.80. The van der Waals surface area contributed by atoms with Gasteiger partial charge in [-0.2, -0.15) is 0 Å². The zero-order valence-electron chi connectivity index (χ0n) is 11.5. The normalized spacial score (nSPS) is 18.4. The Morgan fingerprint density at radius 2 is 2.14 bits per heavy atom. The van der Waals surface area contributed by atoms with Crippen LogP contribution in [0.2, 0.25) is 5.02 Å². The zero-order chi connectivity index (χ0) is 15.0. The number of hydrogen-bond acceptors (Lipinski definition) is 3. The first-order chi connectivity index (χ1) is 10.1. The van der Waals surface area contributed by atoms with Gasteiger partial charge in [0.15, 0.2) is 0 Å². The summed E-state index contributed by atoms with van der Waals surface area (Å²) in [5.41, 5.74) is 3.95. The second-order valence-electron chi connectivity index (χ2n) is 4.98. The Morgan fingerprint density at radius 1 is 1.33 bits per heavy atom. The van der Waals surface area contributed by atoms with Crippen LogP contribution in [0, 0.1) is 5.92 Å². The predicted octanol–water partition coefficient (Wildman–Crippen LogP) is 2.68. The summed E-state index contributed by atoms with van der Waals surface area (Å²) in [6, 6.07) is 6.97. The molecule has 1 atom stereocenters. The van der Waals surface area contributed by atoms with E-state index < -0.39 is 5.92 Å². The Kier molecular flexibility index (Phi) is 3.51. The first-order valence-corrected chi connectivity index (χ1v) is 7.18. The average Bonchev–Trinajstić information content (AvgIpc) is 2.75. The van der Waals surface area contributed by atoms with Crippen LogP contribution in [-0.2, 0) is 9.59 Å². The van der Waals surface area contributed by atoms with Crippen LogP contribution in [0.25, 0.3) is 10.9 Å². The molecular weight excluding hydrogens is 290 g/mol. The molecule has 3 rings (SSSR count). The minimum Gasteiger partial charge on any atom is -0.272 e. The molecular formula is C15H14ClN3O2. The number of pyridine rings is 1. The van der Waals surface area contributed by atoms with Crippen LogP contribution in [0.1, 0.15) is 19.8 Å². The van der Waals surface area contributed by atoms with Crippen LogP contribution < -0.4 is 10.4 Å². The Bertz CT molecular complexity index is 732. The monoisotopic (exact) mass is 303 g/mol. The summed E-state index contributed by atoms with van der Waals surface area (Å²) in [5.74, 6) is -1.07. The fourth-order valence-corrected chi connectivity index (χ4v) is 2.70. The molecule has 0 saturated carbocycles. The number of hydrogen-bond donors (Lipinski definition) is 1. The van der Waals surface area contributed by atoms with E-state index in [2.05, 4.69) is 10.4 Å². The van der Waals surface area contributed by atoms with E-state index in [0.29, 0.717) is 22.6 Å². The van der Waals surface area contributed by atoms with Crippen molar-refractivity contribution >= 4 is 40.0 Å². The van der Waals surface area contributed by atoms with Gasteiger partial charge in [-0.05, 0) is 30.7 Å². The quantitative estimate of drug-likeness (QED) is 0.887. The molecule has 2 aromatic rings. The number of fused-ring (bicyclic) bond motifs is 1. The van der Waals surface area contributed by atoms with Crippen LogP contribution in [0.5, 0.6) is 0 Å². The molecule has 1 aromatic heterocycles. The van der Waals surface area contributed by atoms with E-state index in [4.69, 9.17) is 11.6 Å².